The Bertz CT molecular complexity index is 1460. The van der Waals surface area contributed by atoms with Gasteiger partial charge in [0.1, 0.15) is 10.6 Å². The Hall–Kier alpha value is -3.72. The van der Waals surface area contributed by atoms with Crippen molar-refractivity contribution in [1.29, 1.82) is 0 Å². The molecule has 1 unspecified atom stereocenters. The lowest BCUT2D eigenvalue weighted by Gasteiger charge is -2.23. The summed E-state index contributed by atoms with van der Waals surface area (Å²) in [4.78, 5) is 28.8. The minimum Gasteiger partial charge on any atom is -0.490 e. The first-order valence-corrected chi connectivity index (χ1v) is 12.4. The molecular weight excluding hydrogens is 466 g/mol. The number of hydrogen-bond acceptors (Lipinski definition) is 8. The summed E-state index contributed by atoms with van der Waals surface area (Å²) in [5, 5.41) is 9.82. The van der Waals surface area contributed by atoms with Crippen molar-refractivity contribution in [3.8, 4) is 11.5 Å². The molecule has 0 radical (unpaired) electrons. The van der Waals surface area contributed by atoms with Crippen molar-refractivity contribution in [2.45, 2.75) is 39.7 Å². The Kier molecular flexibility index (Phi) is 6.25. The molecule has 0 fully saturated rings. The number of aryl methyl sites for hydroxylation is 1. The number of para-hydroxylation sites is 1. The number of unbranched alkanes of at least 4 members (excludes halogenated alkanes) is 1. The summed E-state index contributed by atoms with van der Waals surface area (Å²) in [6.07, 6.45) is 1.94. The third-order valence-electron chi connectivity index (χ3n) is 5.84. The summed E-state index contributed by atoms with van der Waals surface area (Å²) in [5.74, 6) is 0.774. The molecule has 35 heavy (non-hydrogen) atoms. The van der Waals surface area contributed by atoms with E-state index in [9.17, 15) is 9.59 Å². The zero-order chi connectivity index (χ0) is 24.5. The Morgan fingerprint density at radius 3 is 2.63 bits per heavy atom. The van der Waals surface area contributed by atoms with Crippen molar-refractivity contribution in [2.24, 2.45) is 0 Å². The molecule has 0 saturated carbocycles. The number of aromatic nitrogens is 2. The van der Waals surface area contributed by atoms with Gasteiger partial charge in [-0.05, 0) is 50.1 Å². The third kappa shape index (κ3) is 4.05. The smallest absolute Gasteiger partial charge is 0.297 e. The number of carbonyl (C=O) groups excluding carboxylic acids is 1. The summed E-state index contributed by atoms with van der Waals surface area (Å²) in [6, 6.07) is 11.7. The standard InChI is InChI=1S/C26H25N3O5S/c1-4-6-13-33-19-12-11-16(14-20(19)32-5-2)22-21-23(30)17-9-7-8-10-18(17)34-24(21)25(31)29(22)26-28-27-15(3)35-26/h7-12,14,22H,4-6,13H2,1-3H3. The summed E-state index contributed by atoms with van der Waals surface area (Å²) >= 11 is 1.28. The van der Waals surface area contributed by atoms with Crippen LogP contribution in [-0.2, 0) is 0 Å². The van der Waals surface area contributed by atoms with Crippen LogP contribution in [0.3, 0.4) is 0 Å². The van der Waals surface area contributed by atoms with Crippen LogP contribution >= 0.6 is 11.3 Å². The molecule has 2 aromatic heterocycles. The van der Waals surface area contributed by atoms with Gasteiger partial charge in [0.2, 0.25) is 10.9 Å². The molecule has 2 aromatic carbocycles. The summed E-state index contributed by atoms with van der Waals surface area (Å²) in [6.45, 7) is 6.83. The number of carbonyl (C=O) groups is 1. The molecule has 0 spiro atoms. The molecule has 180 valence electrons. The van der Waals surface area contributed by atoms with E-state index in [4.69, 9.17) is 13.9 Å². The predicted molar refractivity (Wildman–Crippen MR) is 134 cm³/mol. The monoisotopic (exact) mass is 491 g/mol. The molecule has 9 heteroatoms. The number of benzene rings is 2. The number of rotatable bonds is 8. The molecule has 1 aliphatic rings. The van der Waals surface area contributed by atoms with E-state index in [0.717, 1.165) is 12.8 Å². The van der Waals surface area contributed by atoms with E-state index in [2.05, 4.69) is 17.1 Å². The molecule has 1 aliphatic heterocycles. The van der Waals surface area contributed by atoms with E-state index >= 15 is 0 Å². The molecule has 5 rings (SSSR count). The van der Waals surface area contributed by atoms with Crippen molar-refractivity contribution in [3.63, 3.8) is 0 Å². The first-order valence-electron chi connectivity index (χ1n) is 11.6. The van der Waals surface area contributed by atoms with Crippen LogP contribution in [0.5, 0.6) is 11.5 Å². The number of fused-ring (bicyclic) bond motifs is 2. The highest BCUT2D eigenvalue weighted by molar-refractivity contribution is 7.15. The van der Waals surface area contributed by atoms with Crippen LogP contribution in [0.15, 0.2) is 51.7 Å². The molecule has 4 aromatic rings. The zero-order valence-electron chi connectivity index (χ0n) is 19.7. The lowest BCUT2D eigenvalue weighted by molar-refractivity contribution is 0.0970. The number of ether oxygens (including phenoxy) is 2. The van der Waals surface area contributed by atoms with Crippen LogP contribution in [0.4, 0.5) is 5.13 Å². The molecule has 1 amide bonds. The van der Waals surface area contributed by atoms with Gasteiger partial charge in [-0.25, -0.2) is 0 Å². The van der Waals surface area contributed by atoms with Gasteiger partial charge in [-0.1, -0.05) is 42.9 Å². The van der Waals surface area contributed by atoms with E-state index in [1.165, 1.54) is 16.2 Å². The van der Waals surface area contributed by atoms with Gasteiger partial charge in [-0.2, -0.15) is 0 Å². The van der Waals surface area contributed by atoms with E-state index in [0.29, 0.717) is 51.4 Å². The number of amides is 1. The first-order chi connectivity index (χ1) is 17.0. The normalized spacial score (nSPS) is 15.0. The molecule has 0 saturated heterocycles. The first kappa shape index (κ1) is 23.0. The lowest BCUT2D eigenvalue weighted by Crippen LogP contribution is -2.29. The largest absolute Gasteiger partial charge is 0.490 e. The van der Waals surface area contributed by atoms with Gasteiger partial charge in [-0.15, -0.1) is 10.2 Å². The fourth-order valence-corrected chi connectivity index (χ4v) is 4.94. The predicted octanol–water partition coefficient (Wildman–Crippen LogP) is 5.28. The van der Waals surface area contributed by atoms with Crippen molar-refractivity contribution in [2.75, 3.05) is 18.1 Å². The Balaban J connectivity index is 1.70. The summed E-state index contributed by atoms with van der Waals surface area (Å²) in [7, 11) is 0. The fourth-order valence-electron chi connectivity index (χ4n) is 4.22. The van der Waals surface area contributed by atoms with Crippen LogP contribution in [0.25, 0.3) is 11.0 Å². The SMILES string of the molecule is CCCCOc1ccc(C2c3c(oc4ccccc4c3=O)C(=O)N2c2nnc(C)s2)cc1OCC. The Morgan fingerprint density at radius 1 is 1.06 bits per heavy atom. The van der Waals surface area contributed by atoms with Gasteiger partial charge in [0.15, 0.2) is 16.9 Å². The average molecular weight is 492 g/mol. The quantitative estimate of drug-likeness (QED) is 0.310. The second-order valence-electron chi connectivity index (χ2n) is 8.19. The fraction of sp³-hybridized carbons (Fsp3) is 0.308. The van der Waals surface area contributed by atoms with Crippen molar-refractivity contribution in [1.82, 2.24) is 10.2 Å². The molecule has 8 nitrogen and oxygen atoms in total. The van der Waals surface area contributed by atoms with Crippen molar-refractivity contribution < 1.29 is 18.7 Å². The molecule has 0 aliphatic carbocycles. The minimum absolute atomic E-state index is 0.0211. The average Bonchev–Trinajstić information content (AvgIpc) is 3.41. The molecular formula is C26H25N3O5S. The van der Waals surface area contributed by atoms with Gasteiger partial charge in [0, 0.05) is 0 Å². The highest BCUT2D eigenvalue weighted by Crippen LogP contribution is 2.44. The van der Waals surface area contributed by atoms with Crippen LogP contribution in [0.1, 0.15) is 59.4 Å². The van der Waals surface area contributed by atoms with Crippen LogP contribution in [0.2, 0.25) is 0 Å². The second kappa shape index (κ2) is 9.50. The highest BCUT2D eigenvalue weighted by Gasteiger charge is 2.45. The maximum Gasteiger partial charge on any atom is 0.297 e. The summed E-state index contributed by atoms with van der Waals surface area (Å²) < 4.78 is 17.8. The van der Waals surface area contributed by atoms with E-state index in [-0.39, 0.29) is 16.8 Å². The Morgan fingerprint density at radius 2 is 1.89 bits per heavy atom. The van der Waals surface area contributed by atoms with Gasteiger partial charge >= 0.3 is 0 Å². The molecule has 0 N–H and O–H groups in total. The molecule has 1 atom stereocenters. The Labute approximate surface area is 206 Å². The topological polar surface area (TPSA) is 94.8 Å². The number of hydrogen-bond donors (Lipinski definition) is 0. The second-order valence-corrected chi connectivity index (χ2v) is 9.35. The zero-order valence-corrected chi connectivity index (χ0v) is 20.6. The van der Waals surface area contributed by atoms with E-state index in [1.807, 2.05) is 32.0 Å². The number of anilines is 1. The van der Waals surface area contributed by atoms with Crippen LogP contribution < -0.4 is 19.8 Å². The van der Waals surface area contributed by atoms with Crippen LogP contribution in [0, 0.1) is 6.92 Å². The van der Waals surface area contributed by atoms with Crippen molar-refractivity contribution in [3.05, 3.63) is 74.6 Å². The lowest BCUT2D eigenvalue weighted by atomic mass is 9.98. The van der Waals surface area contributed by atoms with Gasteiger partial charge < -0.3 is 13.9 Å². The van der Waals surface area contributed by atoms with Gasteiger partial charge in [0.25, 0.3) is 5.91 Å². The van der Waals surface area contributed by atoms with E-state index in [1.54, 1.807) is 24.3 Å². The molecule has 0 bridgehead atoms. The maximum absolute atomic E-state index is 13.7. The minimum atomic E-state index is -0.741. The summed E-state index contributed by atoms with van der Waals surface area (Å²) in [5.41, 5.74) is 1.10. The maximum atomic E-state index is 13.7. The molecule has 3 heterocycles. The van der Waals surface area contributed by atoms with Gasteiger partial charge in [-0.3, -0.25) is 14.5 Å². The number of nitrogens with zero attached hydrogens (tertiary/aromatic N) is 3. The third-order valence-corrected chi connectivity index (χ3v) is 6.68. The van der Waals surface area contributed by atoms with Crippen LogP contribution in [-0.4, -0.2) is 29.3 Å². The van der Waals surface area contributed by atoms with Crippen molar-refractivity contribution >= 4 is 33.3 Å². The van der Waals surface area contributed by atoms with Gasteiger partial charge in [0.05, 0.1) is 30.2 Å². The van der Waals surface area contributed by atoms with E-state index < -0.39 is 11.9 Å². The highest BCUT2D eigenvalue weighted by atomic mass is 32.1.